The first-order valence-electron chi connectivity index (χ1n) is 5.75. The third-order valence-electron chi connectivity index (χ3n) is 2.55. The van der Waals surface area contributed by atoms with E-state index < -0.39 is 0 Å². The van der Waals surface area contributed by atoms with Crippen molar-refractivity contribution in [3.63, 3.8) is 0 Å². The van der Waals surface area contributed by atoms with Crippen LogP contribution in [0.1, 0.15) is 12.7 Å². The summed E-state index contributed by atoms with van der Waals surface area (Å²) in [5.74, 6) is 0.538. The second-order valence-electron chi connectivity index (χ2n) is 4.08. The van der Waals surface area contributed by atoms with Gasteiger partial charge < -0.3 is 4.74 Å². The second kappa shape index (κ2) is 5.56. The first-order valence-corrected chi connectivity index (χ1v) is 5.75. The fourth-order valence-electron chi connectivity index (χ4n) is 1.74. The number of rotatable bonds is 4. The molecule has 0 aliphatic rings. The molecule has 0 saturated heterocycles. The predicted octanol–water partition coefficient (Wildman–Crippen LogP) is 2.42. The van der Waals surface area contributed by atoms with E-state index in [1.807, 2.05) is 0 Å². The molecule has 1 aromatic heterocycles. The molecule has 0 saturated carbocycles. The lowest BCUT2D eigenvalue weighted by Crippen LogP contribution is -2.03. The second-order valence-corrected chi connectivity index (χ2v) is 4.08. The van der Waals surface area contributed by atoms with Gasteiger partial charge in [-0.05, 0) is 31.2 Å². The van der Waals surface area contributed by atoms with E-state index in [9.17, 15) is 9.18 Å². The number of hydrogen-bond acceptors (Lipinski definition) is 4. The lowest BCUT2D eigenvalue weighted by molar-refractivity contribution is -0.116. The minimum atomic E-state index is -0.373. The van der Waals surface area contributed by atoms with Gasteiger partial charge >= 0.3 is 0 Å². The van der Waals surface area contributed by atoms with Crippen molar-refractivity contribution >= 4 is 5.78 Å². The van der Waals surface area contributed by atoms with Crippen LogP contribution in [0.3, 0.4) is 0 Å². The number of halogens is 1. The van der Waals surface area contributed by atoms with Gasteiger partial charge in [0, 0.05) is 11.8 Å². The van der Waals surface area contributed by atoms with Crippen molar-refractivity contribution in [3.05, 3.63) is 42.1 Å². The molecule has 0 unspecified atom stereocenters. The molecule has 0 radical (unpaired) electrons. The van der Waals surface area contributed by atoms with E-state index >= 15 is 0 Å². The highest BCUT2D eigenvalue weighted by Gasteiger charge is 2.10. The van der Waals surface area contributed by atoms with Gasteiger partial charge in [-0.3, -0.25) is 4.79 Å². The van der Waals surface area contributed by atoms with Gasteiger partial charge in [0.15, 0.2) is 0 Å². The van der Waals surface area contributed by atoms with Crippen LogP contribution >= 0.6 is 0 Å². The number of aromatic nitrogens is 2. The van der Waals surface area contributed by atoms with E-state index in [0.29, 0.717) is 22.8 Å². The summed E-state index contributed by atoms with van der Waals surface area (Å²) in [6, 6.07) is 5.86. The Hall–Kier alpha value is -2.30. The Bertz CT molecular complexity index is 614. The van der Waals surface area contributed by atoms with E-state index in [-0.39, 0.29) is 18.0 Å². The van der Waals surface area contributed by atoms with Crippen LogP contribution < -0.4 is 4.74 Å². The van der Waals surface area contributed by atoms with Crippen molar-refractivity contribution in [2.24, 2.45) is 0 Å². The standard InChI is InChI=1S/C14H13FN2O2/c1-9(18)7-14-16-6-5-12(17-14)11-8-10(15)3-4-13(11)19-2/h3-6,8H,7H2,1-2H3. The number of Topliss-reactive ketones (excluding diaryl/α,β-unsaturated/α-hetero) is 1. The Labute approximate surface area is 110 Å². The van der Waals surface area contributed by atoms with E-state index in [1.165, 1.54) is 32.2 Å². The van der Waals surface area contributed by atoms with Crippen LogP contribution in [-0.4, -0.2) is 22.9 Å². The summed E-state index contributed by atoms with van der Waals surface area (Å²) in [6.45, 7) is 1.47. The van der Waals surface area contributed by atoms with Gasteiger partial charge in [0.05, 0.1) is 19.2 Å². The average Bonchev–Trinajstić information content (AvgIpc) is 2.38. The molecule has 0 fully saturated rings. The molecule has 0 N–H and O–H groups in total. The highest BCUT2D eigenvalue weighted by molar-refractivity contribution is 5.77. The normalized spacial score (nSPS) is 10.3. The molecule has 98 valence electrons. The number of hydrogen-bond donors (Lipinski definition) is 0. The lowest BCUT2D eigenvalue weighted by atomic mass is 10.1. The van der Waals surface area contributed by atoms with Crippen molar-refractivity contribution in [1.82, 2.24) is 9.97 Å². The Kier molecular flexibility index (Phi) is 3.85. The van der Waals surface area contributed by atoms with Crippen LogP contribution in [0.15, 0.2) is 30.5 Å². The minimum Gasteiger partial charge on any atom is -0.496 e. The number of carbonyl (C=O) groups is 1. The van der Waals surface area contributed by atoms with Gasteiger partial charge in [0.25, 0.3) is 0 Å². The predicted molar refractivity (Wildman–Crippen MR) is 68.4 cm³/mol. The smallest absolute Gasteiger partial charge is 0.137 e. The van der Waals surface area contributed by atoms with Crippen LogP contribution in [0.2, 0.25) is 0 Å². The van der Waals surface area contributed by atoms with Gasteiger partial charge in [0.2, 0.25) is 0 Å². The monoisotopic (exact) mass is 260 g/mol. The van der Waals surface area contributed by atoms with Crippen molar-refractivity contribution < 1.29 is 13.9 Å². The van der Waals surface area contributed by atoms with E-state index in [4.69, 9.17) is 4.74 Å². The molecule has 2 aromatic rings. The average molecular weight is 260 g/mol. The zero-order valence-electron chi connectivity index (χ0n) is 10.7. The third kappa shape index (κ3) is 3.13. The Morgan fingerprint density at radius 1 is 1.37 bits per heavy atom. The van der Waals surface area contributed by atoms with Crippen molar-refractivity contribution in [3.8, 4) is 17.0 Å². The molecule has 0 aliphatic carbocycles. The van der Waals surface area contributed by atoms with Crippen molar-refractivity contribution in [2.45, 2.75) is 13.3 Å². The summed E-state index contributed by atoms with van der Waals surface area (Å²) < 4.78 is 18.5. The lowest BCUT2D eigenvalue weighted by Gasteiger charge is -2.08. The van der Waals surface area contributed by atoms with Gasteiger partial charge in [-0.1, -0.05) is 0 Å². The quantitative estimate of drug-likeness (QED) is 0.847. The zero-order chi connectivity index (χ0) is 13.8. The highest BCUT2D eigenvalue weighted by atomic mass is 19.1. The topological polar surface area (TPSA) is 52.1 Å². The SMILES string of the molecule is COc1ccc(F)cc1-c1ccnc(CC(C)=O)n1. The number of carbonyl (C=O) groups excluding carboxylic acids is 1. The molecule has 1 aromatic carbocycles. The number of ketones is 1. The first-order chi connectivity index (χ1) is 9.10. The van der Waals surface area contributed by atoms with Crippen LogP contribution in [0, 0.1) is 5.82 Å². The van der Waals surface area contributed by atoms with Crippen molar-refractivity contribution in [2.75, 3.05) is 7.11 Å². The van der Waals surface area contributed by atoms with Crippen LogP contribution in [0.4, 0.5) is 4.39 Å². The molecule has 0 bridgehead atoms. The maximum absolute atomic E-state index is 13.3. The Morgan fingerprint density at radius 3 is 2.84 bits per heavy atom. The maximum atomic E-state index is 13.3. The fraction of sp³-hybridized carbons (Fsp3) is 0.214. The molecule has 5 heteroatoms. The summed E-state index contributed by atoms with van der Waals surface area (Å²) in [6.07, 6.45) is 1.70. The molecule has 1 heterocycles. The molecule has 0 aliphatic heterocycles. The molecular weight excluding hydrogens is 247 g/mol. The van der Waals surface area contributed by atoms with Crippen LogP contribution in [0.5, 0.6) is 5.75 Å². The summed E-state index contributed by atoms with van der Waals surface area (Å²) in [4.78, 5) is 19.3. The van der Waals surface area contributed by atoms with E-state index in [1.54, 1.807) is 12.3 Å². The van der Waals surface area contributed by atoms with Gasteiger partial charge in [-0.25, -0.2) is 14.4 Å². The molecule has 4 nitrogen and oxygen atoms in total. The number of nitrogens with zero attached hydrogens (tertiary/aromatic N) is 2. The number of benzene rings is 1. The van der Waals surface area contributed by atoms with Gasteiger partial charge in [0.1, 0.15) is 23.2 Å². The van der Waals surface area contributed by atoms with E-state index in [2.05, 4.69) is 9.97 Å². The zero-order valence-corrected chi connectivity index (χ0v) is 10.7. The van der Waals surface area contributed by atoms with Crippen molar-refractivity contribution in [1.29, 1.82) is 0 Å². The largest absolute Gasteiger partial charge is 0.496 e. The Balaban J connectivity index is 2.46. The molecule has 19 heavy (non-hydrogen) atoms. The molecule has 0 atom stereocenters. The van der Waals surface area contributed by atoms with Crippen LogP contribution in [0.25, 0.3) is 11.3 Å². The maximum Gasteiger partial charge on any atom is 0.137 e. The molecule has 0 amide bonds. The summed E-state index contributed by atoms with van der Waals surface area (Å²) in [5.41, 5.74) is 1.07. The van der Waals surface area contributed by atoms with Crippen LogP contribution in [-0.2, 0) is 11.2 Å². The summed E-state index contributed by atoms with van der Waals surface area (Å²) in [5, 5.41) is 0. The number of methoxy groups -OCH3 is 1. The summed E-state index contributed by atoms with van der Waals surface area (Å²) >= 11 is 0. The number of ether oxygens (including phenoxy) is 1. The molecule has 2 rings (SSSR count). The van der Waals surface area contributed by atoms with E-state index in [0.717, 1.165) is 0 Å². The molecule has 0 spiro atoms. The minimum absolute atomic E-state index is 0.0247. The first kappa shape index (κ1) is 13.1. The summed E-state index contributed by atoms with van der Waals surface area (Å²) in [7, 11) is 1.51. The third-order valence-corrected chi connectivity index (χ3v) is 2.55. The Morgan fingerprint density at radius 2 is 2.16 bits per heavy atom. The van der Waals surface area contributed by atoms with Gasteiger partial charge in [-0.15, -0.1) is 0 Å². The molecular formula is C14H13FN2O2. The fourth-order valence-corrected chi connectivity index (χ4v) is 1.74. The van der Waals surface area contributed by atoms with Gasteiger partial charge in [-0.2, -0.15) is 0 Å². The highest BCUT2D eigenvalue weighted by Crippen LogP contribution is 2.28.